The molecule has 0 heterocycles. The minimum absolute atomic E-state index is 0.0579. The Balaban J connectivity index is 1.83. The molecule has 0 aliphatic heterocycles. The van der Waals surface area contributed by atoms with Gasteiger partial charge in [-0.1, -0.05) is 107 Å². The van der Waals surface area contributed by atoms with Crippen LogP contribution in [-0.4, -0.2) is 25.2 Å². The number of esters is 2. The van der Waals surface area contributed by atoms with Gasteiger partial charge in [-0.05, 0) is 30.9 Å². The smallest absolute Gasteiger partial charge is 0.305 e. The topological polar surface area (TPSA) is 52.6 Å². The summed E-state index contributed by atoms with van der Waals surface area (Å²) in [6, 6.07) is 7.62. The molecule has 0 saturated carbocycles. The van der Waals surface area contributed by atoms with Gasteiger partial charge in [-0.15, -0.1) is 0 Å². The first-order valence-corrected chi connectivity index (χ1v) is 13.6. The molecule has 188 valence electrons. The van der Waals surface area contributed by atoms with Crippen LogP contribution in [0.1, 0.15) is 115 Å². The molecule has 0 aliphatic rings. The third-order valence-electron chi connectivity index (χ3n) is 5.87. The van der Waals surface area contributed by atoms with Crippen molar-refractivity contribution in [2.75, 3.05) is 13.2 Å². The Hall–Kier alpha value is -1.55. The molecule has 0 fully saturated rings. The van der Waals surface area contributed by atoms with Crippen molar-refractivity contribution in [1.29, 1.82) is 0 Å². The van der Waals surface area contributed by atoms with Crippen molar-refractivity contribution in [1.82, 2.24) is 0 Å². The zero-order valence-corrected chi connectivity index (χ0v) is 21.5. The normalized spacial score (nSPS) is 10.8. The highest BCUT2D eigenvalue weighted by atomic mass is 35.5. The van der Waals surface area contributed by atoms with Gasteiger partial charge in [0.05, 0.1) is 13.2 Å². The van der Waals surface area contributed by atoms with Crippen molar-refractivity contribution in [2.24, 2.45) is 0 Å². The molecule has 1 aromatic rings. The fourth-order valence-corrected chi connectivity index (χ4v) is 4.02. The quantitative estimate of drug-likeness (QED) is 0.131. The van der Waals surface area contributed by atoms with Crippen LogP contribution in [0.4, 0.5) is 0 Å². The molecule has 1 aromatic carbocycles. The van der Waals surface area contributed by atoms with Crippen LogP contribution in [0.15, 0.2) is 24.3 Å². The van der Waals surface area contributed by atoms with E-state index in [2.05, 4.69) is 6.92 Å². The first kappa shape index (κ1) is 29.5. The maximum absolute atomic E-state index is 11.8. The van der Waals surface area contributed by atoms with E-state index in [1.54, 1.807) is 0 Å². The predicted molar refractivity (Wildman–Crippen MR) is 137 cm³/mol. The Kier molecular flexibility index (Phi) is 18.8. The van der Waals surface area contributed by atoms with Crippen LogP contribution in [0, 0.1) is 0 Å². The molecule has 0 unspecified atom stereocenters. The van der Waals surface area contributed by atoms with Crippen LogP contribution in [0.3, 0.4) is 0 Å². The van der Waals surface area contributed by atoms with Gasteiger partial charge in [0, 0.05) is 24.3 Å². The third kappa shape index (κ3) is 17.6. The summed E-state index contributed by atoms with van der Waals surface area (Å²) in [4.78, 5) is 23.6. The Labute approximate surface area is 206 Å². The van der Waals surface area contributed by atoms with Gasteiger partial charge in [0.15, 0.2) is 0 Å². The van der Waals surface area contributed by atoms with Crippen LogP contribution in [0.5, 0.6) is 0 Å². The van der Waals surface area contributed by atoms with Crippen LogP contribution in [-0.2, 0) is 25.5 Å². The van der Waals surface area contributed by atoms with Crippen molar-refractivity contribution >= 4 is 23.5 Å². The number of carbonyl (C=O) groups excluding carboxylic acids is 2. The molecule has 4 nitrogen and oxygen atoms in total. The molecule has 0 spiro atoms. The molecular formula is C28H45ClO4. The summed E-state index contributed by atoms with van der Waals surface area (Å²) in [6.45, 7) is 3.18. The predicted octanol–water partition coefficient (Wildman–Crippen LogP) is 8.23. The number of carbonyl (C=O) groups is 2. The van der Waals surface area contributed by atoms with Crippen LogP contribution < -0.4 is 0 Å². The van der Waals surface area contributed by atoms with E-state index >= 15 is 0 Å². The van der Waals surface area contributed by atoms with Crippen LogP contribution >= 0.6 is 11.6 Å². The van der Waals surface area contributed by atoms with Gasteiger partial charge >= 0.3 is 11.9 Å². The van der Waals surface area contributed by atoms with Crippen LogP contribution in [0.25, 0.3) is 0 Å². The number of hydrogen-bond donors (Lipinski definition) is 0. The van der Waals surface area contributed by atoms with Gasteiger partial charge in [0.1, 0.15) is 0 Å². The molecule has 0 atom stereocenters. The lowest BCUT2D eigenvalue weighted by molar-refractivity contribution is -0.144. The summed E-state index contributed by atoms with van der Waals surface area (Å²) in [6.07, 6.45) is 17.6. The average molecular weight is 481 g/mol. The fraction of sp³-hybridized carbons (Fsp3) is 0.714. The van der Waals surface area contributed by atoms with Gasteiger partial charge in [-0.3, -0.25) is 9.59 Å². The van der Waals surface area contributed by atoms with E-state index in [1.165, 1.54) is 38.5 Å². The lowest BCUT2D eigenvalue weighted by Gasteiger charge is -2.07. The SMILES string of the molecule is CCCCCCCCCCOC(=O)CCCCCCCCC(=O)OCCc1ccccc1Cl. The number of hydrogen-bond acceptors (Lipinski definition) is 4. The monoisotopic (exact) mass is 480 g/mol. The van der Waals surface area contributed by atoms with E-state index in [1.807, 2.05) is 24.3 Å². The zero-order valence-electron chi connectivity index (χ0n) is 20.8. The highest BCUT2D eigenvalue weighted by Crippen LogP contribution is 2.16. The summed E-state index contributed by atoms with van der Waals surface area (Å²) < 4.78 is 10.6. The number of benzene rings is 1. The van der Waals surface area contributed by atoms with Crippen LogP contribution in [0.2, 0.25) is 5.02 Å². The summed E-state index contributed by atoms with van der Waals surface area (Å²) >= 11 is 6.10. The Morgan fingerprint density at radius 2 is 1.15 bits per heavy atom. The third-order valence-corrected chi connectivity index (χ3v) is 6.23. The van der Waals surface area contributed by atoms with Crippen molar-refractivity contribution in [3.05, 3.63) is 34.9 Å². The second-order valence-electron chi connectivity index (χ2n) is 8.88. The Morgan fingerprint density at radius 1 is 0.667 bits per heavy atom. The van der Waals surface area contributed by atoms with Crippen molar-refractivity contribution in [3.8, 4) is 0 Å². The number of rotatable bonds is 21. The van der Waals surface area contributed by atoms with Crippen molar-refractivity contribution in [2.45, 2.75) is 116 Å². The minimum atomic E-state index is -0.138. The summed E-state index contributed by atoms with van der Waals surface area (Å²) in [7, 11) is 0. The highest BCUT2D eigenvalue weighted by molar-refractivity contribution is 6.31. The molecule has 33 heavy (non-hydrogen) atoms. The lowest BCUT2D eigenvalue weighted by atomic mass is 10.1. The summed E-state index contributed by atoms with van der Waals surface area (Å²) in [5, 5.41) is 0.713. The number of halogens is 1. The number of unbranched alkanes of at least 4 members (excludes halogenated alkanes) is 12. The fourth-order valence-electron chi connectivity index (χ4n) is 3.79. The van der Waals surface area contributed by atoms with Gasteiger partial charge in [0.2, 0.25) is 0 Å². The molecule has 0 saturated heterocycles. The summed E-state index contributed by atoms with van der Waals surface area (Å²) in [5.74, 6) is -0.196. The highest BCUT2D eigenvalue weighted by Gasteiger charge is 2.05. The molecule has 0 aliphatic carbocycles. The van der Waals surface area contributed by atoms with E-state index < -0.39 is 0 Å². The van der Waals surface area contributed by atoms with E-state index in [0.717, 1.165) is 56.9 Å². The average Bonchev–Trinajstić information content (AvgIpc) is 2.81. The van der Waals surface area contributed by atoms with Crippen molar-refractivity contribution < 1.29 is 19.1 Å². The Morgan fingerprint density at radius 3 is 1.73 bits per heavy atom. The molecule has 0 aromatic heterocycles. The molecule has 1 rings (SSSR count). The zero-order chi connectivity index (χ0) is 24.0. The minimum Gasteiger partial charge on any atom is -0.466 e. The molecule has 0 amide bonds. The second kappa shape index (κ2) is 21.0. The van der Waals surface area contributed by atoms with Gasteiger partial charge in [0.25, 0.3) is 0 Å². The van der Waals surface area contributed by atoms with E-state index in [9.17, 15) is 9.59 Å². The van der Waals surface area contributed by atoms with E-state index in [0.29, 0.717) is 37.5 Å². The first-order valence-electron chi connectivity index (χ1n) is 13.2. The maximum atomic E-state index is 11.8. The lowest BCUT2D eigenvalue weighted by Crippen LogP contribution is -2.07. The van der Waals surface area contributed by atoms with E-state index in [-0.39, 0.29) is 11.9 Å². The van der Waals surface area contributed by atoms with Crippen molar-refractivity contribution in [3.63, 3.8) is 0 Å². The number of ether oxygens (including phenoxy) is 2. The molecule has 0 N–H and O–H groups in total. The standard InChI is InChI=1S/C28H45ClO4/c1-2-3-4-5-6-9-12-17-23-32-27(30)20-13-10-7-8-11-14-21-28(31)33-24-22-25-18-15-16-19-26(25)29/h15-16,18-19H,2-14,17,20-24H2,1H3. The maximum Gasteiger partial charge on any atom is 0.305 e. The van der Waals surface area contributed by atoms with E-state index in [4.69, 9.17) is 21.1 Å². The first-order chi connectivity index (χ1) is 16.1. The molecule has 5 heteroatoms. The second-order valence-corrected chi connectivity index (χ2v) is 9.29. The molecule has 0 radical (unpaired) electrons. The molecular weight excluding hydrogens is 436 g/mol. The largest absolute Gasteiger partial charge is 0.466 e. The van der Waals surface area contributed by atoms with Gasteiger partial charge in [-0.25, -0.2) is 0 Å². The van der Waals surface area contributed by atoms with Gasteiger partial charge < -0.3 is 9.47 Å². The Bertz CT molecular complexity index is 632. The van der Waals surface area contributed by atoms with Gasteiger partial charge in [-0.2, -0.15) is 0 Å². The molecule has 0 bridgehead atoms. The summed E-state index contributed by atoms with van der Waals surface area (Å²) in [5.41, 5.74) is 1.00.